The second kappa shape index (κ2) is 5.13. The highest BCUT2D eigenvalue weighted by Crippen LogP contribution is 2.48. The van der Waals surface area contributed by atoms with E-state index in [0.717, 1.165) is 33.3 Å². The van der Waals surface area contributed by atoms with E-state index in [1.807, 2.05) is 24.3 Å². The predicted octanol–water partition coefficient (Wildman–Crippen LogP) is 4.98. The van der Waals surface area contributed by atoms with Gasteiger partial charge in [-0.1, -0.05) is 46.6 Å². The first-order valence-electron chi connectivity index (χ1n) is 7.70. The highest BCUT2D eigenvalue weighted by atomic mass is 79.9. The molecule has 2 fully saturated rings. The molecule has 4 rings (SSSR count). The minimum atomic E-state index is 0.217. The van der Waals surface area contributed by atoms with E-state index in [1.165, 1.54) is 19.3 Å². The summed E-state index contributed by atoms with van der Waals surface area (Å²) in [5, 5.41) is 5.42. The summed E-state index contributed by atoms with van der Waals surface area (Å²) in [6.07, 6.45) is 4.92. The molecule has 1 amide bonds. The summed E-state index contributed by atoms with van der Waals surface area (Å²) < 4.78 is 1.07. The number of nitrogens with one attached hydrogen (secondary N) is 1. The summed E-state index contributed by atoms with van der Waals surface area (Å²) in [6.45, 7) is 0. The van der Waals surface area contributed by atoms with Crippen molar-refractivity contribution in [3.8, 4) is 0 Å². The number of carbonyl (C=O) groups excluding carboxylic acids is 1. The van der Waals surface area contributed by atoms with E-state index in [4.69, 9.17) is 0 Å². The largest absolute Gasteiger partial charge is 0.325 e. The van der Waals surface area contributed by atoms with Gasteiger partial charge in [-0.15, -0.1) is 0 Å². The Balaban J connectivity index is 1.63. The molecule has 21 heavy (non-hydrogen) atoms. The Bertz CT molecular complexity index is 711. The highest BCUT2D eigenvalue weighted by molar-refractivity contribution is 9.10. The van der Waals surface area contributed by atoms with Gasteiger partial charge in [0, 0.05) is 21.5 Å². The number of benzene rings is 2. The van der Waals surface area contributed by atoms with Gasteiger partial charge in [0.05, 0.1) is 0 Å². The van der Waals surface area contributed by atoms with Crippen LogP contribution in [0.15, 0.2) is 40.9 Å². The molecule has 0 aliphatic heterocycles. The van der Waals surface area contributed by atoms with Crippen LogP contribution in [0.3, 0.4) is 0 Å². The molecule has 0 radical (unpaired) electrons. The molecule has 3 atom stereocenters. The van der Waals surface area contributed by atoms with Crippen LogP contribution in [0.1, 0.15) is 25.7 Å². The van der Waals surface area contributed by atoms with Crippen LogP contribution in [-0.4, -0.2) is 5.91 Å². The lowest BCUT2D eigenvalue weighted by atomic mass is 9.88. The zero-order chi connectivity index (χ0) is 14.4. The zero-order valence-corrected chi connectivity index (χ0v) is 13.4. The van der Waals surface area contributed by atoms with Gasteiger partial charge in [-0.2, -0.15) is 0 Å². The number of hydrogen-bond acceptors (Lipinski definition) is 1. The topological polar surface area (TPSA) is 29.1 Å². The smallest absolute Gasteiger partial charge is 0.227 e. The standard InChI is InChI=1S/C18H18BrNO/c19-16-7-8-17(14-4-2-1-3-13(14)16)20-18(21)15-10-11-5-6-12(15)9-11/h1-4,7-8,11-12,15H,5-6,9-10H2,(H,20,21). The Morgan fingerprint density at radius 1 is 1.05 bits per heavy atom. The van der Waals surface area contributed by atoms with Crippen LogP contribution in [0, 0.1) is 17.8 Å². The number of rotatable bonds is 2. The Labute approximate surface area is 133 Å². The minimum Gasteiger partial charge on any atom is -0.325 e. The van der Waals surface area contributed by atoms with Gasteiger partial charge in [0.1, 0.15) is 0 Å². The summed E-state index contributed by atoms with van der Waals surface area (Å²) in [6, 6.07) is 12.2. The number of fused-ring (bicyclic) bond motifs is 3. The van der Waals surface area contributed by atoms with Crippen molar-refractivity contribution >= 4 is 38.3 Å². The molecule has 2 saturated carbocycles. The van der Waals surface area contributed by atoms with Crippen LogP contribution in [0.4, 0.5) is 5.69 Å². The second-order valence-electron chi connectivity index (χ2n) is 6.41. The monoisotopic (exact) mass is 343 g/mol. The molecule has 2 aliphatic carbocycles. The second-order valence-corrected chi connectivity index (χ2v) is 7.27. The van der Waals surface area contributed by atoms with Crippen LogP contribution in [-0.2, 0) is 4.79 Å². The molecular formula is C18H18BrNO. The van der Waals surface area contributed by atoms with Gasteiger partial charge in [-0.25, -0.2) is 0 Å². The molecule has 108 valence electrons. The molecule has 3 unspecified atom stereocenters. The summed E-state index contributed by atoms with van der Waals surface area (Å²) in [7, 11) is 0. The van der Waals surface area contributed by atoms with Crippen molar-refractivity contribution in [3.05, 3.63) is 40.9 Å². The molecule has 2 bridgehead atoms. The third kappa shape index (κ3) is 2.28. The van der Waals surface area contributed by atoms with Crippen molar-refractivity contribution < 1.29 is 4.79 Å². The maximum absolute atomic E-state index is 12.6. The normalized spacial score (nSPS) is 27.2. The van der Waals surface area contributed by atoms with Gasteiger partial charge in [0.15, 0.2) is 0 Å². The van der Waals surface area contributed by atoms with E-state index in [-0.39, 0.29) is 11.8 Å². The molecule has 1 N–H and O–H groups in total. The predicted molar refractivity (Wildman–Crippen MR) is 89.2 cm³/mol. The lowest BCUT2D eigenvalue weighted by Crippen LogP contribution is -2.27. The van der Waals surface area contributed by atoms with Crippen molar-refractivity contribution in [3.63, 3.8) is 0 Å². The van der Waals surface area contributed by atoms with E-state index in [0.29, 0.717) is 5.92 Å². The molecular weight excluding hydrogens is 326 g/mol. The molecule has 2 nitrogen and oxygen atoms in total. The van der Waals surface area contributed by atoms with Gasteiger partial charge >= 0.3 is 0 Å². The van der Waals surface area contributed by atoms with Gasteiger partial charge in [-0.3, -0.25) is 4.79 Å². The van der Waals surface area contributed by atoms with Crippen LogP contribution in [0.25, 0.3) is 10.8 Å². The number of amides is 1. The Kier molecular flexibility index (Phi) is 3.26. The Hall–Kier alpha value is -1.35. The van der Waals surface area contributed by atoms with Crippen molar-refractivity contribution in [1.82, 2.24) is 0 Å². The molecule has 3 heteroatoms. The number of anilines is 1. The summed E-state index contributed by atoms with van der Waals surface area (Å²) in [5.41, 5.74) is 0.932. The summed E-state index contributed by atoms with van der Waals surface area (Å²) in [4.78, 5) is 12.6. The van der Waals surface area contributed by atoms with Crippen LogP contribution in [0.5, 0.6) is 0 Å². The number of hydrogen-bond donors (Lipinski definition) is 1. The lowest BCUT2D eigenvalue weighted by Gasteiger charge is -2.21. The lowest BCUT2D eigenvalue weighted by molar-refractivity contribution is -0.121. The Morgan fingerprint density at radius 2 is 1.86 bits per heavy atom. The summed E-state index contributed by atoms with van der Waals surface area (Å²) >= 11 is 3.58. The first kappa shape index (κ1) is 13.3. The third-order valence-electron chi connectivity index (χ3n) is 5.20. The molecule has 2 aliphatic rings. The molecule has 0 heterocycles. The van der Waals surface area contributed by atoms with Gasteiger partial charge in [-0.05, 0) is 48.6 Å². The Morgan fingerprint density at radius 3 is 2.57 bits per heavy atom. The third-order valence-corrected chi connectivity index (χ3v) is 5.90. The van der Waals surface area contributed by atoms with Crippen molar-refractivity contribution in [2.24, 2.45) is 17.8 Å². The highest BCUT2D eigenvalue weighted by Gasteiger charge is 2.43. The zero-order valence-electron chi connectivity index (χ0n) is 11.8. The number of carbonyl (C=O) groups is 1. The van der Waals surface area contributed by atoms with Crippen molar-refractivity contribution in [1.29, 1.82) is 0 Å². The van der Waals surface area contributed by atoms with Gasteiger partial charge in [0.2, 0.25) is 5.91 Å². The fraction of sp³-hybridized carbons (Fsp3) is 0.389. The molecule has 2 aromatic carbocycles. The average Bonchev–Trinajstić information content (AvgIpc) is 3.13. The van der Waals surface area contributed by atoms with E-state index in [9.17, 15) is 4.79 Å². The van der Waals surface area contributed by atoms with E-state index >= 15 is 0 Å². The minimum absolute atomic E-state index is 0.217. The molecule has 2 aromatic rings. The quantitative estimate of drug-likeness (QED) is 0.818. The van der Waals surface area contributed by atoms with E-state index < -0.39 is 0 Å². The maximum atomic E-state index is 12.6. The van der Waals surface area contributed by atoms with Crippen LogP contribution >= 0.6 is 15.9 Å². The first-order chi connectivity index (χ1) is 10.2. The molecule has 0 spiro atoms. The van der Waals surface area contributed by atoms with Crippen LogP contribution in [0.2, 0.25) is 0 Å². The SMILES string of the molecule is O=C(Nc1ccc(Br)c2ccccc12)C1CC2CCC1C2. The fourth-order valence-corrected chi connectivity index (χ4v) is 4.64. The van der Waals surface area contributed by atoms with Crippen molar-refractivity contribution in [2.45, 2.75) is 25.7 Å². The van der Waals surface area contributed by atoms with Crippen molar-refractivity contribution in [2.75, 3.05) is 5.32 Å². The van der Waals surface area contributed by atoms with Gasteiger partial charge < -0.3 is 5.32 Å². The maximum Gasteiger partial charge on any atom is 0.227 e. The summed E-state index contributed by atoms with van der Waals surface area (Å²) in [5.74, 6) is 1.87. The average molecular weight is 344 g/mol. The van der Waals surface area contributed by atoms with Gasteiger partial charge in [0.25, 0.3) is 0 Å². The first-order valence-corrected chi connectivity index (χ1v) is 8.50. The molecule has 0 saturated heterocycles. The fourth-order valence-electron chi connectivity index (χ4n) is 4.16. The van der Waals surface area contributed by atoms with Crippen LogP contribution < -0.4 is 5.32 Å². The number of halogens is 1. The van der Waals surface area contributed by atoms with E-state index in [2.05, 4.69) is 33.4 Å². The van der Waals surface area contributed by atoms with E-state index in [1.54, 1.807) is 0 Å². The molecule has 0 aromatic heterocycles.